The van der Waals surface area contributed by atoms with Gasteiger partial charge in [0.25, 0.3) is 5.91 Å². The lowest BCUT2D eigenvalue weighted by molar-refractivity contribution is 0.0487. The molecule has 0 aromatic heterocycles. The van der Waals surface area contributed by atoms with Crippen molar-refractivity contribution in [3.8, 4) is 5.75 Å². The number of hydrogen-bond donors (Lipinski definition) is 1. The van der Waals surface area contributed by atoms with E-state index in [4.69, 9.17) is 32.7 Å². The van der Waals surface area contributed by atoms with Crippen molar-refractivity contribution in [2.45, 2.75) is 25.2 Å². The van der Waals surface area contributed by atoms with E-state index in [1.54, 1.807) is 18.2 Å². The second-order valence-electron chi connectivity index (χ2n) is 6.66. The molecule has 1 aliphatic rings. The zero-order valence-corrected chi connectivity index (χ0v) is 16.8. The van der Waals surface area contributed by atoms with Gasteiger partial charge in [-0.25, -0.2) is 0 Å². The van der Waals surface area contributed by atoms with Crippen LogP contribution >= 0.6 is 23.2 Å². The first-order valence-electron chi connectivity index (χ1n) is 9.08. The Balaban J connectivity index is 1.78. The SMILES string of the molecule is CCOc1ccc(C2(CNC(=O)c3cc(Cl)ccc3Cl)CCOCC2)cc1. The number of amides is 1. The van der Waals surface area contributed by atoms with Gasteiger partial charge in [-0.1, -0.05) is 35.3 Å². The molecule has 3 rings (SSSR count). The summed E-state index contributed by atoms with van der Waals surface area (Å²) in [5, 5.41) is 3.92. The van der Waals surface area contributed by atoms with Crippen molar-refractivity contribution in [1.82, 2.24) is 5.32 Å². The third-order valence-corrected chi connectivity index (χ3v) is 5.55. The van der Waals surface area contributed by atoms with Crippen LogP contribution in [0, 0.1) is 0 Å². The van der Waals surface area contributed by atoms with Gasteiger partial charge in [0.05, 0.1) is 17.2 Å². The van der Waals surface area contributed by atoms with E-state index in [-0.39, 0.29) is 11.3 Å². The van der Waals surface area contributed by atoms with Gasteiger partial charge >= 0.3 is 0 Å². The van der Waals surface area contributed by atoms with E-state index in [0.717, 1.165) is 18.6 Å². The van der Waals surface area contributed by atoms with Crippen LogP contribution in [-0.2, 0) is 10.2 Å². The molecule has 1 saturated heterocycles. The van der Waals surface area contributed by atoms with Crippen LogP contribution in [0.1, 0.15) is 35.7 Å². The zero-order chi connectivity index (χ0) is 19.3. The number of nitrogens with one attached hydrogen (secondary N) is 1. The predicted octanol–water partition coefficient (Wildman–Crippen LogP) is 4.87. The lowest BCUT2D eigenvalue weighted by Crippen LogP contribution is -2.44. The first-order chi connectivity index (χ1) is 13.0. The van der Waals surface area contributed by atoms with E-state index >= 15 is 0 Å². The Morgan fingerprint density at radius 3 is 2.52 bits per heavy atom. The van der Waals surface area contributed by atoms with E-state index in [0.29, 0.717) is 42.0 Å². The van der Waals surface area contributed by atoms with E-state index in [1.807, 2.05) is 19.1 Å². The highest BCUT2D eigenvalue weighted by atomic mass is 35.5. The summed E-state index contributed by atoms with van der Waals surface area (Å²) >= 11 is 12.2. The van der Waals surface area contributed by atoms with Crippen molar-refractivity contribution < 1.29 is 14.3 Å². The second kappa shape index (κ2) is 8.96. The highest BCUT2D eigenvalue weighted by Crippen LogP contribution is 2.35. The van der Waals surface area contributed by atoms with E-state index < -0.39 is 0 Å². The molecule has 1 N–H and O–H groups in total. The molecule has 2 aromatic carbocycles. The van der Waals surface area contributed by atoms with Gasteiger partial charge < -0.3 is 14.8 Å². The Bertz CT molecular complexity index is 787. The number of halogens is 2. The Hall–Kier alpha value is -1.75. The molecule has 0 unspecified atom stereocenters. The van der Waals surface area contributed by atoms with Crippen molar-refractivity contribution in [2.24, 2.45) is 0 Å². The number of benzene rings is 2. The molecule has 0 bridgehead atoms. The molecular weight excluding hydrogens is 385 g/mol. The van der Waals surface area contributed by atoms with Gasteiger partial charge in [0.1, 0.15) is 5.75 Å². The van der Waals surface area contributed by atoms with Gasteiger partial charge in [-0.15, -0.1) is 0 Å². The topological polar surface area (TPSA) is 47.6 Å². The summed E-state index contributed by atoms with van der Waals surface area (Å²) in [7, 11) is 0. The summed E-state index contributed by atoms with van der Waals surface area (Å²) in [6.07, 6.45) is 1.68. The fourth-order valence-electron chi connectivity index (χ4n) is 3.42. The fourth-order valence-corrected chi connectivity index (χ4v) is 3.79. The average Bonchev–Trinajstić information content (AvgIpc) is 2.69. The molecule has 1 aliphatic heterocycles. The molecule has 1 fully saturated rings. The molecule has 1 amide bonds. The van der Waals surface area contributed by atoms with Crippen molar-refractivity contribution in [3.05, 3.63) is 63.6 Å². The van der Waals surface area contributed by atoms with Gasteiger partial charge in [-0.2, -0.15) is 0 Å². The first-order valence-corrected chi connectivity index (χ1v) is 9.84. The third-order valence-electron chi connectivity index (χ3n) is 4.99. The van der Waals surface area contributed by atoms with Crippen LogP contribution in [0.4, 0.5) is 0 Å². The first kappa shape index (κ1) is 20.0. The van der Waals surface area contributed by atoms with Crippen LogP contribution in [0.3, 0.4) is 0 Å². The van der Waals surface area contributed by atoms with Crippen LogP contribution in [0.2, 0.25) is 10.0 Å². The molecule has 0 spiro atoms. The van der Waals surface area contributed by atoms with Crippen molar-refractivity contribution >= 4 is 29.1 Å². The van der Waals surface area contributed by atoms with E-state index in [9.17, 15) is 4.79 Å². The van der Waals surface area contributed by atoms with Crippen molar-refractivity contribution in [2.75, 3.05) is 26.4 Å². The lowest BCUT2D eigenvalue weighted by atomic mass is 9.74. The molecule has 27 heavy (non-hydrogen) atoms. The molecule has 0 aliphatic carbocycles. The zero-order valence-electron chi connectivity index (χ0n) is 15.3. The van der Waals surface area contributed by atoms with E-state index in [1.165, 1.54) is 5.56 Å². The third kappa shape index (κ3) is 4.75. The molecule has 1 heterocycles. The summed E-state index contributed by atoms with van der Waals surface area (Å²) in [5.74, 6) is 0.623. The second-order valence-corrected chi connectivity index (χ2v) is 7.50. The highest BCUT2D eigenvalue weighted by molar-refractivity contribution is 6.35. The number of rotatable bonds is 6. The van der Waals surface area contributed by atoms with Gasteiger partial charge in [-0.05, 0) is 55.7 Å². The maximum absolute atomic E-state index is 12.7. The Kier molecular flexibility index (Phi) is 6.64. The number of carbonyl (C=O) groups excluding carboxylic acids is 1. The van der Waals surface area contributed by atoms with E-state index in [2.05, 4.69) is 17.4 Å². The maximum atomic E-state index is 12.7. The van der Waals surface area contributed by atoms with Crippen LogP contribution in [0.25, 0.3) is 0 Å². The smallest absolute Gasteiger partial charge is 0.252 e. The predicted molar refractivity (Wildman–Crippen MR) is 108 cm³/mol. The van der Waals surface area contributed by atoms with Gasteiger partial charge in [0.15, 0.2) is 0 Å². The molecule has 0 radical (unpaired) electrons. The summed E-state index contributed by atoms with van der Waals surface area (Å²) in [4.78, 5) is 12.7. The molecule has 0 atom stereocenters. The quantitative estimate of drug-likeness (QED) is 0.742. The molecule has 4 nitrogen and oxygen atoms in total. The summed E-state index contributed by atoms with van der Waals surface area (Å²) < 4.78 is 11.1. The molecular formula is C21H23Cl2NO3. The normalized spacial score (nSPS) is 16.0. The Morgan fingerprint density at radius 2 is 1.85 bits per heavy atom. The largest absolute Gasteiger partial charge is 0.494 e. The summed E-state index contributed by atoms with van der Waals surface area (Å²) in [6.45, 7) is 4.44. The average molecular weight is 408 g/mol. The van der Waals surface area contributed by atoms with Crippen LogP contribution in [-0.4, -0.2) is 32.3 Å². The molecule has 0 saturated carbocycles. The minimum atomic E-state index is -0.223. The van der Waals surface area contributed by atoms with Crippen LogP contribution in [0.5, 0.6) is 5.75 Å². The minimum absolute atomic E-state index is 0.177. The standard InChI is InChI=1S/C21H23Cl2NO3/c1-2-27-17-6-3-15(4-7-17)21(9-11-26-12-10-21)14-24-20(25)18-13-16(22)5-8-19(18)23/h3-8,13H,2,9-12,14H2,1H3,(H,24,25). The molecule has 2 aromatic rings. The van der Waals surface area contributed by atoms with Gasteiger partial charge in [0.2, 0.25) is 0 Å². The molecule has 144 valence electrons. The monoisotopic (exact) mass is 407 g/mol. The Morgan fingerprint density at radius 1 is 1.15 bits per heavy atom. The lowest BCUT2D eigenvalue weighted by Gasteiger charge is -2.38. The van der Waals surface area contributed by atoms with Crippen molar-refractivity contribution in [1.29, 1.82) is 0 Å². The highest BCUT2D eigenvalue weighted by Gasteiger charge is 2.35. The van der Waals surface area contributed by atoms with Crippen LogP contribution < -0.4 is 10.1 Å². The fraction of sp³-hybridized carbons (Fsp3) is 0.381. The van der Waals surface area contributed by atoms with Crippen LogP contribution in [0.15, 0.2) is 42.5 Å². The summed E-state index contributed by atoms with van der Waals surface area (Å²) in [5.41, 5.74) is 1.38. The number of carbonyl (C=O) groups is 1. The Labute approximate surface area is 169 Å². The minimum Gasteiger partial charge on any atom is -0.494 e. The maximum Gasteiger partial charge on any atom is 0.252 e. The summed E-state index contributed by atoms with van der Waals surface area (Å²) in [6, 6.07) is 13.0. The number of ether oxygens (including phenoxy) is 2. The molecule has 6 heteroatoms. The number of hydrogen-bond acceptors (Lipinski definition) is 3. The van der Waals surface area contributed by atoms with Crippen molar-refractivity contribution in [3.63, 3.8) is 0 Å². The van der Waals surface area contributed by atoms with Gasteiger partial charge in [-0.3, -0.25) is 4.79 Å². The van der Waals surface area contributed by atoms with Gasteiger partial charge in [0, 0.05) is 30.2 Å².